The zero-order chi connectivity index (χ0) is 20.6. The average Bonchev–Trinajstić information content (AvgIpc) is 3.21. The molecule has 1 fully saturated rings. The van der Waals surface area contributed by atoms with Gasteiger partial charge in [0, 0.05) is 42.6 Å². The van der Waals surface area contributed by atoms with Crippen LogP contribution in [0.2, 0.25) is 0 Å². The third kappa shape index (κ3) is 5.68. The van der Waals surface area contributed by atoms with Crippen LogP contribution in [-0.2, 0) is 6.42 Å². The maximum Gasteiger partial charge on any atom is 0.229 e. The van der Waals surface area contributed by atoms with Crippen molar-refractivity contribution < 1.29 is 0 Å². The van der Waals surface area contributed by atoms with Crippen LogP contribution in [0.5, 0.6) is 0 Å². The van der Waals surface area contributed by atoms with Crippen molar-refractivity contribution in [3.63, 3.8) is 0 Å². The van der Waals surface area contributed by atoms with Crippen LogP contribution in [0.4, 0.5) is 17.5 Å². The molecule has 3 rings (SSSR count). The third-order valence-corrected chi connectivity index (χ3v) is 5.49. The van der Waals surface area contributed by atoms with E-state index in [0.29, 0.717) is 23.6 Å². The first-order chi connectivity index (χ1) is 14.1. The number of hydrogen-bond donors (Lipinski definition) is 2. The Morgan fingerprint density at radius 3 is 2.76 bits per heavy atom. The first-order valence-electron chi connectivity index (χ1n) is 10.8. The summed E-state index contributed by atoms with van der Waals surface area (Å²) in [4.78, 5) is 11.8. The highest BCUT2D eigenvalue weighted by molar-refractivity contribution is 5.58. The van der Waals surface area contributed by atoms with E-state index in [2.05, 4.69) is 48.4 Å². The van der Waals surface area contributed by atoms with Crippen LogP contribution < -0.4 is 15.5 Å². The molecule has 6 nitrogen and oxygen atoms in total. The third-order valence-electron chi connectivity index (χ3n) is 5.49. The molecule has 0 aliphatic carbocycles. The van der Waals surface area contributed by atoms with Crippen LogP contribution in [0.25, 0.3) is 0 Å². The summed E-state index contributed by atoms with van der Waals surface area (Å²) in [6.45, 7) is 8.63. The molecule has 1 saturated heterocycles. The summed E-state index contributed by atoms with van der Waals surface area (Å²) < 4.78 is 0. The van der Waals surface area contributed by atoms with Gasteiger partial charge in [-0.2, -0.15) is 10.2 Å². The smallest absolute Gasteiger partial charge is 0.229 e. The number of aromatic nitrogens is 2. The molecule has 1 aromatic heterocycles. The highest BCUT2D eigenvalue weighted by Crippen LogP contribution is 2.23. The van der Waals surface area contributed by atoms with Gasteiger partial charge >= 0.3 is 0 Å². The van der Waals surface area contributed by atoms with E-state index in [1.807, 2.05) is 18.2 Å². The fourth-order valence-electron chi connectivity index (χ4n) is 3.84. The molecule has 1 aliphatic rings. The first kappa shape index (κ1) is 21.1. The minimum Gasteiger partial charge on any atom is -0.355 e. The number of anilines is 3. The first-order valence-corrected chi connectivity index (χ1v) is 10.8. The van der Waals surface area contributed by atoms with Crippen molar-refractivity contribution in [2.24, 2.45) is 0 Å². The molecule has 1 aliphatic heterocycles. The van der Waals surface area contributed by atoms with Crippen molar-refractivity contribution in [2.45, 2.75) is 65.0 Å². The quantitative estimate of drug-likeness (QED) is 0.659. The zero-order valence-electron chi connectivity index (χ0n) is 17.8. The van der Waals surface area contributed by atoms with Crippen LogP contribution >= 0.6 is 0 Å². The van der Waals surface area contributed by atoms with Gasteiger partial charge in [0.2, 0.25) is 5.95 Å². The summed E-state index contributed by atoms with van der Waals surface area (Å²) in [5.74, 6) is 1.58. The lowest BCUT2D eigenvalue weighted by Crippen LogP contribution is -2.39. The van der Waals surface area contributed by atoms with Gasteiger partial charge in [-0.3, -0.25) is 0 Å². The van der Waals surface area contributed by atoms with Gasteiger partial charge in [-0.1, -0.05) is 33.3 Å². The van der Waals surface area contributed by atoms with Crippen LogP contribution in [0.15, 0.2) is 30.3 Å². The molecule has 0 bridgehead atoms. The van der Waals surface area contributed by atoms with Crippen molar-refractivity contribution in [1.29, 1.82) is 5.26 Å². The number of nitriles is 1. The molecule has 1 aromatic carbocycles. The van der Waals surface area contributed by atoms with Crippen LogP contribution in [0.1, 0.15) is 57.7 Å². The van der Waals surface area contributed by atoms with Crippen molar-refractivity contribution in [1.82, 2.24) is 15.3 Å². The Morgan fingerprint density at radius 1 is 1.21 bits per heavy atom. The highest BCUT2D eigenvalue weighted by Gasteiger charge is 2.25. The summed E-state index contributed by atoms with van der Waals surface area (Å²) in [6, 6.07) is 12.8. The lowest BCUT2D eigenvalue weighted by atomic mass is 10.1. The second kappa shape index (κ2) is 10.2. The summed E-state index contributed by atoms with van der Waals surface area (Å²) in [5.41, 5.74) is 2.50. The molecule has 0 saturated carbocycles. The number of nitrogens with zero attached hydrogens (tertiary/aromatic N) is 4. The molecular weight excluding hydrogens is 360 g/mol. The Balaban J connectivity index is 1.77. The molecule has 0 spiro atoms. The maximum absolute atomic E-state index is 9.13. The van der Waals surface area contributed by atoms with Crippen molar-refractivity contribution >= 4 is 17.5 Å². The van der Waals surface area contributed by atoms with Gasteiger partial charge < -0.3 is 15.5 Å². The number of benzene rings is 1. The SMILES string of the molecule is CCCc1cc(N2CC[C@H](NC(CC)CC)C2)nc(Nc2cccc(C#N)c2)n1. The monoisotopic (exact) mass is 392 g/mol. The lowest BCUT2D eigenvalue weighted by molar-refractivity contribution is 0.425. The van der Waals surface area contributed by atoms with Gasteiger partial charge in [0.1, 0.15) is 5.82 Å². The average molecular weight is 393 g/mol. The van der Waals surface area contributed by atoms with Crippen LogP contribution in [0.3, 0.4) is 0 Å². The predicted molar refractivity (Wildman–Crippen MR) is 119 cm³/mol. The topological polar surface area (TPSA) is 76.9 Å². The number of hydrogen-bond acceptors (Lipinski definition) is 6. The molecular formula is C23H32N6. The Morgan fingerprint density at radius 2 is 2.03 bits per heavy atom. The fourth-order valence-corrected chi connectivity index (χ4v) is 3.84. The maximum atomic E-state index is 9.13. The van der Waals surface area contributed by atoms with Gasteiger partial charge in [-0.25, -0.2) is 4.98 Å². The Hall–Kier alpha value is -2.65. The summed E-state index contributed by atoms with van der Waals surface area (Å²) in [6.07, 6.45) is 5.43. The zero-order valence-corrected chi connectivity index (χ0v) is 17.8. The van der Waals surface area contributed by atoms with E-state index in [-0.39, 0.29) is 0 Å². The predicted octanol–water partition coefficient (Wildman–Crippen LogP) is 4.40. The summed E-state index contributed by atoms with van der Waals surface area (Å²) in [7, 11) is 0. The normalized spacial score (nSPS) is 16.2. The fraction of sp³-hybridized carbons (Fsp3) is 0.522. The molecule has 2 N–H and O–H groups in total. The molecule has 6 heteroatoms. The molecule has 2 heterocycles. The largest absolute Gasteiger partial charge is 0.355 e. The van der Waals surface area contributed by atoms with Gasteiger partial charge in [-0.05, 0) is 43.9 Å². The molecule has 29 heavy (non-hydrogen) atoms. The molecule has 2 aromatic rings. The van der Waals surface area contributed by atoms with Gasteiger partial charge in [0.05, 0.1) is 11.6 Å². The van der Waals surface area contributed by atoms with E-state index < -0.39 is 0 Å². The molecule has 0 radical (unpaired) electrons. The van der Waals surface area contributed by atoms with Crippen molar-refractivity contribution in [2.75, 3.05) is 23.3 Å². The van der Waals surface area contributed by atoms with Gasteiger partial charge in [0.15, 0.2) is 0 Å². The Bertz CT molecular complexity index is 840. The van der Waals surface area contributed by atoms with Gasteiger partial charge in [0.25, 0.3) is 0 Å². The summed E-state index contributed by atoms with van der Waals surface area (Å²) in [5, 5.41) is 16.2. The van der Waals surface area contributed by atoms with Gasteiger partial charge in [-0.15, -0.1) is 0 Å². The van der Waals surface area contributed by atoms with E-state index in [1.165, 1.54) is 0 Å². The number of nitrogens with one attached hydrogen (secondary N) is 2. The standard InChI is InChI=1S/C23H32N6/c1-4-8-19-14-22(29-12-11-21(16-29)25-18(5-2)6-3)28-23(26-19)27-20-10-7-9-17(13-20)15-24/h7,9-10,13-14,18,21,25H,4-6,8,11-12,16H2,1-3H3,(H,26,27,28)/t21-/m0/s1. The van der Waals surface area contributed by atoms with E-state index >= 15 is 0 Å². The molecule has 0 amide bonds. The second-order valence-corrected chi connectivity index (χ2v) is 7.72. The van der Waals surface area contributed by atoms with E-state index in [1.54, 1.807) is 6.07 Å². The minimum atomic E-state index is 0.508. The highest BCUT2D eigenvalue weighted by atomic mass is 15.3. The lowest BCUT2D eigenvalue weighted by Gasteiger charge is -2.22. The minimum absolute atomic E-state index is 0.508. The van der Waals surface area contributed by atoms with Crippen LogP contribution in [-0.4, -0.2) is 35.1 Å². The second-order valence-electron chi connectivity index (χ2n) is 7.72. The van der Waals surface area contributed by atoms with E-state index in [9.17, 15) is 0 Å². The Kier molecular flexibility index (Phi) is 7.42. The Labute approximate surface area is 174 Å². The van der Waals surface area contributed by atoms with Crippen molar-refractivity contribution in [3.8, 4) is 6.07 Å². The van der Waals surface area contributed by atoms with Crippen molar-refractivity contribution in [3.05, 3.63) is 41.6 Å². The molecule has 0 unspecified atom stereocenters. The van der Waals surface area contributed by atoms with E-state index in [4.69, 9.17) is 15.2 Å². The van der Waals surface area contributed by atoms with Crippen LogP contribution in [0, 0.1) is 11.3 Å². The molecule has 1 atom stereocenters. The number of aryl methyl sites for hydroxylation is 1. The van der Waals surface area contributed by atoms with E-state index in [0.717, 1.165) is 62.4 Å². The molecule has 154 valence electrons. The number of rotatable bonds is 9. The summed E-state index contributed by atoms with van der Waals surface area (Å²) >= 11 is 0.